The molecule has 0 saturated heterocycles. The van der Waals surface area contributed by atoms with Gasteiger partial charge in [0.05, 0.1) is 5.56 Å². The minimum atomic E-state index is -0.875. The number of carbonyl (C=O) groups is 1. The highest BCUT2D eigenvalue weighted by Gasteiger charge is 2.09. The number of thiophene rings is 1. The Kier molecular flexibility index (Phi) is 4.25. The quantitative estimate of drug-likeness (QED) is 0.839. The molecule has 1 heterocycles. The summed E-state index contributed by atoms with van der Waals surface area (Å²) in [5, 5.41) is 11.1. The summed E-state index contributed by atoms with van der Waals surface area (Å²) in [6.45, 7) is 0. The van der Waals surface area contributed by atoms with E-state index in [9.17, 15) is 4.79 Å². The van der Waals surface area contributed by atoms with Gasteiger partial charge in [-0.2, -0.15) is 0 Å². The first-order valence-corrected chi connectivity index (χ1v) is 7.50. The summed E-state index contributed by atoms with van der Waals surface area (Å²) >= 11 is 6.62. The summed E-state index contributed by atoms with van der Waals surface area (Å²) in [5.41, 5.74) is 0.369. The molecule has 0 fully saturated rings. The monoisotopic (exact) mass is 328 g/mol. The smallest absolute Gasteiger partial charge is 0.336 e. The Morgan fingerprint density at radius 3 is 2.82 bits per heavy atom. The highest BCUT2D eigenvalue weighted by atomic mass is 79.9. The lowest BCUT2D eigenvalue weighted by molar-refractivity contribution is 0.0693. The number of benzene rings is 1. The molecular formula is C12H9BrO2S2. The van der Waals surface area contributed by atoms with Gasteiger partial charge in [0.1, 0.15) is 0 Å². The van der Waals surface area contributed by atoms with Crippen molar-refractivity contribution in [2.24, 2.45) is 0 Å². The van der Waals surface area contributed by atoms with Crippen LogP contribution in [0.5, 0.6) is 0 Å². The second-order valence-corrected chi connectivity index (χ2v) is 6.25. The molecule has 0 spiro atoms. The van der Waals surface area contributed by atoms with Gasteiger partial charge in [-0.25, -0.2) is 4.79 Å². The lowest BCUT2D eigenvalue weighted by Gasteiger charge is -2.03. The molecule has 0 aliphatic rings. The van der Waals surface area contributed by atoms with Gasteiger partial charge in [-0.1, -0.05) is 12.1 Å². The molecule has 0 atom stereocenters. The van der Waals surface area contributed by atoms with Crippen LogP contribution in [0.3, 0.4) is 0 Å². The van der Waals surface area contributed by atoms with Crippen LogP contribution in [-0.4, -0.2) is 11.1 Å². The van der Waals surface area contributed by atoms with Crippen molar-refractivity contribution >= 4 is 45.0 Å². The van der Waals surface area contributed by atoms with Gasteiger partial charge in [0.2, 0.25) is 0 Å². The summed E-state index contributed by atoms with van der Waals surface area (Å²) in [5.74, 6) is -0.0824. The molecule has 1 N–H and O–H groups in total. The van der Waals surface area contributed by atoms with Crippen LogP contribution in [0.4, 0.5) is 0 Å². The fraction of sp³-hybridized carbons (Fsp3) is 0.0833. The highest BCUT2D eigenvalue weighted by molar-refractivity contribution is 9.10. The van der Waals surface area contributed by atoms with Gasteiger partial charge in [0, 0.05) is 25.4 Å². The van der Waals surface area contributed by atoms with E-state index in [1.54, 1.807) is 35.2 Å². The molecule has 0 aliphatic carbocycles. The molecule has 1 aromatic carbocycles. The highest BCUT2D eigenvalue weighted by Crippen LogP contribution is 2.30. The van der Waals surface area contributed by atoms with Gasteiger partial charge in [0.15, 0.2) is 0 Å². The van der Waals surface area contributed by atoms with E-state index in [2.05, 4.69) is 22.0 Å². The van der Waals surface area contributed by atoms with Crippen molar-refractivity contribution in [3.05, 3.63) is 50.6 Å². The molecule has 88 valence electrons. The van der Waals surface area contributed by atoms with Gasteiger partial charge >= 0.3 is 5.97 Å². The first-order valence-electron chi connectivity index (χ1n) is 4.85. The third kappa shape index (κ3) is 3.34. The number of carboxylic acid groups (broad SMARTS) is 1. The number of hydrogen-bond donors (Lipinski definition) is 1. The van der Waals surface area contributed by atoms with Gasteiger partial charge in [0.25, 0.3) is 0 Å². The SMILES string of the molecule is O=C(O)c1ccccc1SCc1cc(Br)cs1. The maximum Gasteiger partial charge on any atom is 0.336 e. The van der Waals surface area contributed by atoms with E-state index in [0.29, 0.717) is 5.56 Å². The number of hydrogen-bond acceptors (Lipinski definition) is 3. The molecule has 2 rings (SSSR count). The zero-order chi connectivity index (χ0) is 12.3. The van der Waals surface area contributed by atoms with Gasteiger partial charge in [-0.3, -0.25) is 0 Å². The second kappa shape index (κ2) is 5.71. The van der Waals surface area contributed by atoms with Gasteiger partial charge in [-0.15, -0.1) is 23.1 Å². The van der Waals surface area contributed by atoms with E-state index >= 15 is 0 Å². The largest absolute Gasteiger partial charge is 0.478 e. The molecule has 2 aromatic rings. The van der Waals surface area contributed by atoms with Gasteiger partial charge in [-0.05, 0) is 34.1 Å². The minimum absolute atomic E-state index is 0.369. The van der Waals surface area contributed by atoms with E-state index in [1.807, 2.05) is 17.5 Å². The van der Waals surface area contributed by atoms with Crippen LogP contribution in [0.25, 0.3) is 0 Å². The standard InChI is InChI=1S/C12H9BrO2S2/c13-8-5-9(16-6-8)7-17-11-4-2-1-3-10(11)12(14)15/h1-6H,7H2,(H,14,15). The molecule has 1 aromatic heterocycles. The van der Waals surface area contributed by atoms with Crippen molar-refractivity contribution in [2.75, 3.05) is 0 Å². The van der Waals surface area contributed by atoms with Crippen molar-refractivity contribution in [1.82, 2.24) is 0 Å². The van der Waals surface area contributed by atoms with Gasteiger partial charge < -0.3 is 5.11 Å². The molecule has 0 aliphatic heterocycles. The Hall–Kier alpha value is -0.780. The first kappa shape index (κ1) is 12.7. The zero-order valence-electron chi connectivity index (χ0n) is 8.72. The van der Waals surface area contributed by atoms with Crippen LogP contribution in [0.1, 0.15) is 15.2 Å². The summed E-state index contributed by atoms with van der Waals surface area (Å²) in [7, 11) is 0. The van der Waals surface area contributed by atoms with Crippen LogP contribution < -0.4 is 0 Å². The molecule has 0 saturated carbocycles. The van der Waals surface area contributed by atoms with Crippen LogP contribution in [0.15, 0.2) is 45.1 Å². The molecule has 0 unspecified atom stereocenters. The topological polar surface area (TPSA) is 37.3 Å². The molecule has 17 heavy (non-hydrogen) atoms. The zero-order valence-corrected chi connectivity index (χ0v) is 11.9. The maximum atomic E-state index is 11.0. The Balaban J connectivity index is 2.11. The van der Waals surface area contributed by atoms with Crippen LogP contribution in [0, 0.1) is 0 Å². The number of carboxylic acids is 1. The fourth-order valence-corrected chi connectivity index (χ4v) is 3.90. The normalized spacial score (nSPS) is 10.4. The van der Waals surface area contributed by atoms with E-state index < -0.39 is 5.97 Å². The molecule has 0 amide bonds. The molecule has 5 heteroatoms. The Morgan fingerprint density at radius 1 is 1.41 bits per heavy atom. The van der Waals surface area contributed by atoms with Crippen molar-refractivity contribution in [3.63, 3.8) is 0 Å². The predicted octanol–water partition coefficient (Wildman–Crippen LogP) is 4.50. The Labute approximate surface area is 116 Å². The number of thioether (sulfide) groups is 1. The van der Waals surface area contributed by atoms with Crippen molar-refractivity contribution in [3.8, 4) is 0 Å². The van der Waals surface area contributed by atoms with Crippen LogP contribution in [0.2, 0.25) is 0 Å². The second-order valence-electron chi connectivity index (χ2n) is 3.32. The first-order chi connectivity index (χ1) is 8.16. The average molecular weight is 329 g/mol. The lowest BCUT2D eigenvalue weighted by atomic mass is 10.2. The summed E-state index contributed by atoms with van der Waals surface area (Å²) < 4.78 is 1.07. The van der Waals surface area contributed by atoms with Crippen LogP contribution >= 0.6 is 39.0 Å². The number of aromatic carboxylic acids is 1. The number of rotatable bonds is 4. The number of halogens is 1. The summed E-state index contributed by atoms with van der Waals surface area (Å²) in [6, 6.07) is 9.14. The molecule has 0 radical (unpaired) electrons. The molecule has 2 nitrogen and oxygen atoms in total. The van der Waals surface area contributed by atoms with E-state index in [4.69, 9.17) is 5.11 Å². The Bertz CT molecular complexity index is 537. The van der Waals surface area contributed by atoms with E-state index in [-0.39, 0.29) is 0 Å². The summed E-state index contributed by atoms with van der Waals surface area (Å²) in [4.78, 5) is 13.1. The van der Waals surface area contributed by atoms with Crippen LogP contribution in [-0.2, 0) is 5.75 Å². The fourth-order valence-electron chi connectivity index (χ4n) is 1.35. The third-order valence-corrected chi connectivity index (χ3v) is 5.11. The van der Waals surface area contributed by atoms with E-state index in [1.165, 1.54) is 4.88 Å². The van der Waals surface area contributed by atoms with Crippen molar-refractivity contribution in [1.29, 1.82) is 0 Å². The average Bonchev–Trinajstić information content (AvgIpc) is 2.73. The summed E-state index contributed by atoms with van der Waals surface area (Å²) in [6.07, 6.45) is 0. The van der Waals surface area contributed by atoms with Crippen molar-refractivity contribution in [2.45, 2.75) is 10.6 Å². The van der Waals surface area contributed by atoms with Crippen molar-refractivity contribution < 1.29 is 9.90 Å². The lowest BCUT2D eigenvalue weighted by Crippen LogP contribution is -1.98. The predicted molar refractivity (Wildman–Crippen MR) is 75.0 cm³/mol. The Morgan fingerprint density at radius 2 is 2.18 bits per heavy atom. The molecule has 0 bridgehead atoms. The minimum Gasteiger partial charge on any atom is -0.478 e. The molecular weight excluding hydrogens is 320 g/mol. The third-order valence-electron chi connectivity index (χ3n) is 2.11. The maximum absolute atomic E-state index is 11.0. The van der Waals surface area contributed by atoms with E-state index in [0.717, 1.165) is 15.1 Å².